The van der Waals surface area contributed by atoms with Crippen LogP contribution in [0.4, 0.5) is 0 Å². The molecule has 1 aromatic carbocycles. The fraction of sp³-hybridized carbons (Fsp3) is 0.588. The van der Waals surface area contributed by atoms with E-state index in [1.54, 1.807) is 0 Å². The van der Waals surface area contributed by atoms with Crippen molar-refractivity contribution in [2.45, 2.75) is 56.4 Å². The number of fused-ring (bicyclic) bond motifs is 1. The van der Waals surface area contributed by atoms with E-state index in [1.165, 1.54) is 11.1 Å². The van der Waals surface area contributed by atoms with Gasteiger partial charge in [0.1, 0.15) is 5.54 Å². The molecule has 1 aromatic rings. The van der Waals surface area contributed by atoms with E-state index in [-0.39, 0.29) is 5.92 Å². The molecule has 1 aliphatic carbocycles. The fourth-order valence-corrected chi connectivity index (χ4v) is 3.39. The zero-order valence-corrected chi connectivity index (χ0v) is 12.6. The first-order valence-corrected chi connectivity index (χ1v) is 7.87. The Kier molecular flexibility index (Phi) is 5.37. The van der Waals surface area contributed by atoms with Crippen molar-refractivity contribution in [3.63, 3.8) is 0 Å². The molecule has 0 heterocycles. The molecule has 0 amide bonds. The van der Waals surface area contributed by atoms with E-state index in [4.69, 9.17) is 11.5 Å². The lowest BCUT2D eigenvalue weighted by molar-refractivity contribution is -0.144. The number of carboxylic acids is 1. The van der Waals surface area contributed by atoms with Crippen molar-refractivity contribution >= 4 is 5.97 Å². The fourth-order valence-electron chi connectivity index (χ4n) is 3.39. The van der Waals surface area contributed by atoms with Crippen LogP contribution in [0.15, 0.2) is 24.3 Å². The number of aliphatic carboxylic acids is 1. The molecule has 0 bridgehead atoms. The number of unbranched alkanes of at least 4 members (excludes halogenated alkanes) is 1. The van der Waals surface area contributed by atoms with E-state index >= 15 is 0 Å². The van der Waals surface area contributed by atoms with Gasteiger partial charge >= 0.3 is 5.97 Å². The summed E-state index contributed by atoms with van der Waals surface area (Å²) < 4.78 is 0. The summed E-state index contributed by atoms with van der Waals surface area (Å²) in [6.07, 6.45) is 5.84. The van der Waals surface area contributed by atoms with Crippen LogP contribution in [0, 0.1) is 0 Å². The third-order valence-electron chi connectivity index (χ3n) is 4.61. The molecule has 1 aliphatic rings. The number of aryl methyl sites for hydroxylation is 1. The van der Waals surface area contributed by atoms with Gasteiger partial charge in [0, 0.05) is 0 Å². The van der Waals surface area contributed by atoms with Gasteiger partial charge in [0.15, 0.2) is 0 Å². The molecule has 5 N–H and O–H groups in total. The molecule has 4 heteroatoms. The molecular weight excluding hydrogens is 264 g/mol. The lowest BCUT2D eigenvalue weighted by Crippen LogP contribution is -2.49. The maximum atomic E-state index is 11.6. The molecule has 0 saturated heterocycles. The molecule has 116 valence electrons. The molecule has 0 aromatic heterocycles. The Morgan fingerprint density at radius 3 is 2.81 bits per heavy atom. The molecule has 4 nitrogen and oxygen atoms in total. The average Bonchev–Trinajstić information content (AvgIpc) is 2.48. The van der Waals surface area contributed by atoms with E-state index in [1.807, 2.05) is 6.07 Å². The first-order valence-electron chi connectivity index (χ1n) is 7.87. The monoisotopic (exact) mass is 290 g/mol. The Morgan fingerprint density at radius 2 is 2.10 bits per heavy atom. The van der Waals surface area contributed by atoms with E-state index in [0.717, 1.165) is 32.1 Å². The molecule has 21 heavy (non-hydrogen) atoms. The molecule has 2 rings (SSSR count). The first-order chi connectivity index (χ1) is 10.1. The molecule has 0 fully saturated rings. The van der Waals surface area contributed by atoms with Crippen molar-refractivity contribution in [2.75, 3.05) is 6.54 Å². The van der Waals surface area contributed by atoms with Gasteiger partial charge in [0.25, 0.3) is 0 Å². The first kappa shape index (κ1) is 16.0. The summed E-state index contributed by atoms with van der Waals surface area (Å²) in [4.78, 5) is 11.6. The minimum Gasteiger partial charge on any atom is -0.480 e. The van der Waals surface area contributed by atoms with Crippen LogP contribution in [0.2, 0.25) is 0 Å². The number of carbonyl (C=O) groups is 1. The van der Waals surface area contributed by atoms with Gasteiger partial charge in [0.05, 0.1) is 0 Å². The van der Waals surface area contributed by atoms with E-state index < -0.39 is 11.5 Å². The summed E-state index contributed by atoms with van der Waals surface area (Å²) in [7, 11) is 0. The molecule has 2 atom stereocenters. The lowest BCUT2D eigenvalue weighted by atomic mass is 9.74. The van der Waals surface area contributed by atoms with Crippen LogP contribution in [0.25, 0.3) is 0 Å². The van der Waals surface area contributed by atoms with Gasteiger partial charge in [-0.2, -0.15) is 0 Å². The highest BCUT2D eigenvalue weighted by Gasteiger charge is 2.37. The highest BCUT2D eigenvalue weighted by Crippen LogP contribution is 2.37. The minimum absolute atomic E-state index is 0.258. The van der Waals surface area contributed by atoms with Gasteiger partial charge < -0.3 is 16.6 Å². The minimum atomic E-state index is -1.13. The number of nitrogens with two attached hydrogens (primary N) is 2. The van der Waals surface area contributed by atoms with Gasteiger partial charge in [-0.1, -0.05) is 24.3 Å². The molecule has 0 aliphatic heterocycles. The van der Waals surface area contributed by atoms with Crippen molar-refractivity contribution in [3.8, 4) is 0 Å². The van der Waals surface area contributed by atoms with Gasteiger partial charge in [-0.3, -0.25) is 4.79 Å². The largest absolute Gasteiger partial charge is 0.480 e. The van der Waals surface area contributed by atoms with Crippen LogP contribution < -0.4 is 11.5 Å². The SMILES string of the molecule is NCCCCC(N)(C[C@@H]1CCCc2ccccc21)C(=O)O. The lowest BCUT2D eigenvalue weighted by Gasteiger charge is -2.33. The van der Waals surface area contributed by atoms with E-state index in [9.17, 15) is 9.90 Å². The standard InChI is InChI=1S/C17H26N2O2/c18-11-4-3-10-17(19,16(20)21)12-14-8-5-7-13-6-1-2-9-15(13)14/h1-2,6,9,14H,3-5,7-8,10-12,18-19H2,(H,20,21)/t14-,17?/m0/s1. The second kappa shape index (κ2) is 7.05. The number of rotatable bonds is 7. The maximum Gasteiger partial charge on any atom is 0.323 e. The van der Waals surface area contributed by atoms with Crippen molar-refractivity contribution < 1.29 is 9.90 Å². The van der Waals surface area contributed by atoms with Crippen LogP contribution in [0.5, 0.6) is 0 Å². The molecule has 0 radical (unpaired) electrons. The highest BCUT2D eigenvalue weighted by atomic mass is 16.4. The maximum absolute atomic E-state index is 11.6. The molecule has 0 spiro atoms. The zero-order chi connectivity index (χ0) is 15.3. The summed E-state index contributed by atoms with van der Waals surface area (Å²) in [6, 6.07) is 8.36. The van der Waals surface area contributed by atoms with Crippen LogP contribution >= 0.6 is 0 Å². The number of carboxylic acid groups (broad SMARTS) is 1. The van der Waals surface area contributed by atoms with Crippen LogP contribution in [-0.4, -0.2) is 23.2 Å². The smallest absolute Gasteiger partial charge is 0.323 e. The Hall–Kier alpha value is -1.39. The van der Waals surface area contributed by atoms with Crippen molar-refractivity contribution in [1.29, 1.82) is 0 Å². The van der Waals surface area contributed by atoms with Gasteiger partial charge in [0.2, 0.25) is 0 Å². The third kappa shape index (κ3) is 3.83. The second-order valence-electron chi connectivity index (χ2n) is 6.20. The molecule has 0 saturated carbocycles. The van der Waals surface area contributed by atoms with Crippen molar-refractivity contribution in [1.82, 2.24) is 0 Å². The third-order valence-corrected chi connectivity index (χ3v) is 4.61. The number of hydrogen-bond donors (Lipinski definition) is 3. The quantitative estimate of drug-likeness (QED) is 0.673. The summed E-state index contributed by atoms with van der Waals surface area (Å²) in [5.41, 5.74) is 13.2. The Labute approximate surface area is 126 Å². The molecule has 1 unspecified atom stereocenters. The highest BCUT2D eigenvalue weighted by molar-refractivity contribution is 5.78. The second-order valence-corrected chi connectivity index (χ2v) is 6.20. The van der Waals surface area contributed by atoms with Crippen LogP contribution in [-0.2, 0) is 11.2 Å². The normalized spacial score (nSPS) is 20.6. The predicted molar refractivity (Wildman–Crippen MR) is 84.2 cm³/mol. The zero-order valence-electron chi connectivity index (χ0n) is 12.6. The Balaban J connectivity index is 2.12. The summed E-state index contributed by atoms with van der Waals surface area (Å²) in [5.74, 6) is -0.628. The van der Waals surface area contributed by atoms with Gasteiger partial charge in [-0.25, -0.2) is 0 Å². The van der Waals surface area contributed by atoms with Crippen LogP contribution in [0.3, 0.4) is 0 Å². The Morgan fingerprint density at radius 1 is 1.33 bits per heavy atom. The topological polar surface area (TPSA) is 89.3 Å². The number of hydrogen-bond acceptors (Lipinski definition) is 3. The average molecular weight is 290 g/mol. The summed E-state index contributed by atoms with van der Waals surface area (Å²) >= 11 is 0. The van der Waals surface area contributed by atoms with Gasteiger partial charge in [-0.05, 0) is 68.5 Å². The number of benzene rings is 1. The predicted octanol–water partition coefficient (Wildman–Crippen LogP) is 2.41. The van der Waals surface area contributed by atoms with E-state index in [2.05, 4.69) is 18.2 Å². The Bertz CT molecular complexity index is 489. The van der Waals surface area contributed by atoms with Gasteiger partial charge in [-0.15, -0.1) is 0 Å². The molecular formula is C17H26N2O2. The van der Waals surface area contributed by atoms with Crippen molar-refractivity contribution in [3.05, 3.63) is 35.4 Å². The van der Waals surface area contributed by atoms with Crippen molar-refractivity contribution in [2.24, 2.45) is 11.5 Å². The van der Waals surface area contributed by atoms with Crippen LogP contribution in [0.1, 0.15) is 55.6 Å². The van der Waals surface area contributed by atoms with E-state index in [0.29, 0.717) is 19.4 Å². The summed E-state index contributed by atoms with van der Waals surface area (Å²) in [5, 5.41) is 9.55. The summed E-state index contributed by atoms with van der Waals surface area (Å²) in [6.45, 7) is 0.585.